The number of rotatable bonds is 9. The summed E-state index contributed by atoms with van der Waals surface area (Å²) in [4.78, 5) is 22.4. The number of carbonyl (C=O) groups is 1. The average Bonchev–Trinajstić information content (AvgIpc) is 3.28. The smallest absolute Gasteiger partial charge is 0.416 e. The van der Waals surface area contributed by atoms with Crippen LogP contribution in [-0.2, 0) is 22.3 Å². The molecule has 2 aliphatic rings. The number of alkyl halides is 3. The average molecular weight is 520 g/mol. The normalized spacial score (nSPS) is 18.6. The Labute approximate surface area is 216 Å². The Balaban J connectivity index is 1.73. The van der Waals surface area contributed by atoms with Gasteiger partial charge in [-0.15, -0.1) is 0 Å². The first-order valence-corrected chi connectivity index (χ1v) is 13.1. The van der Waals surface area contributed by atoms with Crippen molar-refractivity contribution in [3.8, 4) is 0 Å². The number of hydrogen-bond acceptors (Lipinski definition) is 6. The minimum Gasteiger partial charge on any atom is -0.461 e. The molecule has 0 radical (unpaired) electrons. The van der Waals surface area contributed by atoms with Gasteiger partial charge in [0.05, 0.1) is 29.1 Å². The molecule has 7 nitrogen and oxygen atoms in total. The van der Waals surface area contributed by atoms with Crippen molar-refractivity contribution in [2.45, 2.75) is 58.8 Å². The van der Waals surface area contributed by atoms with Crippen LogP contribution < -0.4 is 5.32 Å². The van der Waals surface area contributed by atoms with Crippen LogP contribution in [0.15, 0.2) is 41.7 Å². The number of piperidine rings is 1. The molecule has 1 aromatic heterocycles. The maximum atomic E-state index is 14.2. The summed E-state index contributed by atoms with van der Waals surface area (Å²) in [5, 5.41) is 3.14. The molecule has 1 fully saturated rings. The van der Waals surface area contributed by atoms with Crippen LogP contribution in [0.2, 0.25) is 0 Å². The minimum absolute atomic E-state index is 0.00104. The molecule has 1 aromatic carbocycles. The van der Waals surface area contributed by atoms with Crippen LogP contribution in [0.3, 0.4) is 0 Å². The number of fused-ring (bicyclic) bond motifs is 1. The summed E-state index contributed by atoms with van der Waals surface area (Å²) in [6, 6.07) is 4.42. The van der Waals surface area contributed by atoms with Crippen LogP contribution in [0.1, 0.15) is 62.9 Å². The molecule has 0 bridgehead atoms. The molecule has 0 saturated carbocycles. The Hall–Kier alpha value is -2.85. The number of nitrogens with one attached hydrogen (secondary N) is 1. The number of carbonyl (C=O) groups excluding carboxylic acids is 1. The Morgan fingerprint density at radius 3 is 2.54 bits per heavy atom. The summed E-state index contributed by atoms with van der Waals surface area (Å²) < 4.78 is 49.9. The maximum absolute atomic E-state index is 14.2. The van der Waals surface area contributed by atoms with Crippen LogP contribution in [0.5, 0.6) is 0 Å². The Morgan fingerprint density at radius 2 is 1.86 bits per heavy atom. The molecular formula is C27H36F3N5O2. The number of halogens is 3. The standard InChI is InChI=1S/C27H36F3N5O2/c1-4-33(5-2)18-20-17-31-26-32-19(3)23(25(36)37-16-15-34-13-9-6-10-14-34)24(35(20)26)21-11-7-8-12-22(21)27(28,29)30/h7-8,11-12,17,24H,4-6,9-10,13-16,18H2,1-3H3,(H,31,32). The van der Waals surface area contributed by atoms with Crippen molar-refractivity contribution in [1.29, 1.82) is 0 Å². The summed E-state index contributed by atoms with van der Waals surface area (Å²) in [6.07, 6.45) is 0.534. The van der Waals surface area contributed by atoms with Gasteiger partial charge in [0.15, 0.2) is 0 Å². The van der Waals surface area contributed by atoms with E-state index in [1.54, 1.807) is 23.8 Å². The van der Waals surface area contributed by atoms with Crippen LogP contribution in [0.4, 0.5) is 19.1 Å². The third-order valence-electron chi connectivity index (χ3n) is 7.26. The van der Waals surface area contributed by atoms with Crippen molar-refractivity contribution in [3.63, 3.8) is 0 Å². The van der Waals surface area contributed by atoms with Gasteiger partial charge >= 0.3 is 12.1 Å². The van der Waals surface area contributed by atoms with Gasteiger partial charge < -0.3 is 14.6 Å². The highest BCUT2D eigenvalue weighted by molar-refractivity contribution is 5.92. The summed E-state index contributed by atoms with van der Waals surface area (Å²) in [7, 11) is 0. The summed E-state index contributed by atoms with van der Waals surface area (Å²) in [5.74, 6) is -0.205. The first-order chi connectivity index (χ1) is 17.7. The van der Waals surface area contributed by atoms with Gasteiger partial charge in [-0.1, -0.05) is 38.5 Å². The molecule has 4 rings (SSSR count). The fourth-order valence-electron chi connectivity index (χ4n) is 5.22. The Morgan fingerprint density at radius 1 is 1.16 bits per heavy atom. The van der Waals surface area contributed by atoms with E-state index in [4.69, 9.17) is 4.74 Å². The molecule has 2 aromatic rings. The maximum Gasteiger partial charge on any atom is 0.416 e. The fraction of sp³-hybridized carbons (Fsp3) is 0.556. The molecule has 10 heteroatoms. The van der Waals surface area contributed by atoms with Crippen LogP contribution in [0.25, 0.3) is 0 Å². The monoisotopic (exact) mass is 519 g/mol. The van der Waals surface area contributed by atoms with Crippen molar-refractivity contribution in [2.75, 3.05) is 44.6 Å². The molecule has 202 valence electrons. The number of ether oxygens (including phenoxy) is 1. The molecule has 1 atom stereocenters. The Bertz CT molecular complexity index is 1120. The number of esters is 1. The number of benzene rings is 1. The van der Waals surface area contributed by atoms with E-state index in [9.17, 15) is 18.0 Å². The lowest BCUT2D eigenvalue weighted by Gasteiger charge is -2.33. The van der Waals surface area contributed by atoms with Gasteiger partial charge in [0.25, 0.3) is 0 Å². The second-order valence-corrected chi connectivity index (χ2v) is 9.59. The number of allylic oxidation sites excluding steroid dienone is 1. The number of imidazole rings is 1. The van der Waals surface area contributed by atoms with Crippen LogP contribution in [0, 0.1) is 0 Å². The highest BCUT2D eigenvalue weighted by Crippen LogP contribution is 2.43. The van der Waals surface area contributed by atoms with Crippen molar-refractivity contribution in [2.24, 2.45) is 0 Å². The molecule has 0 spiro atoms. The molecule has 3 heterocycles. The first-order valence-electron chi connectivity index (χ1n) is 13.1. The number of nitrogens with zero attached hydrogens (tertiary/aromatic N) is 4. The van der Waals surface area contributed by atoms with Crippen LogP contribution >= 0.6 is 0 Å². The van der Waals surface area contributed by atoms with E-state index in [0.29, 0.717) is 24.7 Å². The largest absolute Gasteiger partial charge is 0.461 e. The van der Waals surface area contributed by atoms with E-state index in [1.807, 2.05) is 13.8 Å². The fourth-order valence-corrected chi connectivity index (χ4v) is 5.22. The molecule has 1 unspecified atom stereocenters. The summed E-state index contributed by atoms with van der Waals surface area (Å²) in [5.41, 5.74) is 0.555. The lowest BCUT2D eigenvalue weighted by molar-refractivity contribution is -0.141. The molecule has 1 N–H and O–H groups in total. The van der Waals surface area contributed by atoms with Gasteiger partial charge in [0.1, 0.15) is 6.61 Å². The molecule has 0 aliphatic carbocycles. The van der Waals surface area contributed by atoms with Gasteiger partial charge in [0.2, 0.25) is 5.95 Å². The number of anilines is 1. The van der Waals surface area contributed by atoms with Crippen molar-refractivity contribution in [3.05, 3.63) is 58.6 Å². The topological polar surface area (TPSA) is 62.6 Å². The van der Waals surface area contributed by atoms with Gasteiger partial charge in [-0.2, -0.15) is 13.2 Å². The second kappa shape index (κ2) is 11.7. The number of likely N-dealkylation sites (tertiary alicyclic amines) is 1. The van der Waals surface area contributed by atoms with E-state index in [-0.39, 0.29) is 17.7 Å². The quantitative estimate of drug-likeness (QED) is 0.468. The molecular weight excluding hydrogens is 483 g/mol. The lowest BCUT2D eigenvalue weighted by Crippen LogP contribution is -2.35. The predicted octanol–water partition coefficient (Wildman–Crippen LogP) is 5.06. The summed E-state index contributed by atoms with van der Waals surface area (Å²) in [6.45, 7) is 10.5. The third-order valence-corrected chi connectivity index (χ3v) is 7.26. The first kappa shape index (κ1) is 27.2. The van der Waals surface area contributed by atoms with E-state index in [0.717, 1.165) is 50.8 Å². The highest BCUT2D eigenvalue weighted by Gasteiger charge is 2.41. The zero-order valence-electron chi connectivity index (χ0n) is 21.8. The van der Waals surface area contributed by atoms with Crippen LogP contribution in [-0.4, -0.2) is 64.7 Å². The predicted molar refractivity (Wildman–Crippen MR) is 136 cm³/mol. The van der Waals surface area contributed by atoms with E-state index < -0.39 is 23.8 Å². The molecule has 0 amide bonds. The minimum atomic E-state index is -4.58. The Kier molecular flexibility index (Phi) is 8.59. The summed E-state index contributed by atoms with van der Waals surface area (Å²) >= 11 is 0. The van der Waals surface area contributed by atoms with Gasteiger partial charge in [-0.3, -0.25) is 9.80 Å². The third kappa shape index (κ3) is 6.01. The molecule has 37 heavy (non-hydrogen) atoms. The lowest BCUT2D eigenvalue weighted by atomic mass is 9.91. The van der Waals surface area contributed by atoms with Crippen molar-refractivity contribution < 1.29 is 22.7 Å². The zero-order valence-corrected chi connectivity index (χ0v) is 21.8. The van der Waals surface area contributed by atoms with E-state index in [2.05, 4.69) is 20.1 Å². The van der Waals surface area contributed by atoms with E-state index >= 15 is 0 Å². The zero-order chi connectivity index (χ0) is 26.6. The molecule has 1 saturated heterocycles. The van der Waals surface area contributed by atoms with Gasteiger partial charge in [-0.05, 0) is 57.6 Å². The molecule has 2 aliphatic heterocycles. The van der Waals surface area contributed by atoms with Crippen molar-refractivity contribution in [1.82, 2.24) is 19.4 Å². The number of hydrogen-bond donors (Lipinski definition) is 1. The van der Waals surface area contributed by atoms with Crippen molar-refractivity contribution >= 4 is 11.9 Å². The van der Waals surface area contributed by atoms with Gasteiger partial charge in [0, 0.05) is 18.8 Å². The second-order valence-electron chi connectivity index (χ2n) is 9.59. The number of aromatic nitrogens is 2. The highest BCUT2D eigenvalue weighted by atomic mass is 19.4. The van der Waals surface area contributed by atoms with Gasteiger partial charge in [-0.25, -0.2) is 9.78 Å². The SMILES string of the molecule is CCN(CC)Cc1cnc2n1C(c1ccccc1C(F)(F)F)C(C(=O)OCCN1CCCCC1)=C(C)N2. The van der Waals surface area contributed by atoms with E-state index in [1.165, 1.54) is 18.6 Å².